The Kier molecular flexibility index (Phi) is 51.5. The Labute approximate surface area is 412 Å². The zero-order valence-electron chi connectivity index (χ0n) is 43.4. The number of allylic oxidation sites excluding steroid dienone is 18. The predicted octanol–water partition coefficient (Wildman–Crippen LogP) is 18.3. The molecule has 0 saturated carbocycles. The van der Waals surface area contributed by atoms with Crippen molar-refractivity contribution in [3.05, 3.63) is 109 Å². The molecule has 1 atom stereocenters. The fraction of sp³-hybridized carbons (Fsp3) is 0.656. The van der Waals surface area contributed by atoms with Gasteiger partial charge >= 0.3 is 17.9 Å². The number of ether oxygens (including phenoxy) is 3. The van der Waals surface area contributed by atoms with Crippen LogP contribution in [-0.2, 0) is 28.6 Å². The minimum atomic E-state index is -0.795. The van der Waals surface area contributed by atoms with E-state index in [1.165, 1.54) is 64.2 Å². The Bertz CT molecular complexity index is 1390. The number of carbonyl (C=O) groups excluding carboxylic acids is 3. The highest BCUT2D eigenvalue weighted by Gasteiger charge is 2.19. The Hall–Kier alpha value is -3.93. The molecule has 0 saturated heterocycles. The van der Waals surface area contributed by atoms with Crippen molar-refractivity contribution < 1.29 is 28.6 Å². The smallest absolute Gasteiger partial charge is 0.306 e. The topological polar surface area (TPSA) is 78.9 Å². The van der Waals surface area contributed by atoms with Crippen LogP contribution in [0.4, 0.5) is 0 Å². The minimum absolute atomic E-state index is 0.0920. The molecule has 6 heteroatoms. The number of esters is 3. The Balaban J connectivity index is 4.36. The summed E-state index contributed by atoms with van der Waals surface area (Å²) in [6, 6.07) is 0. The lowest BCUT2D eigenvalue weighted by molar-refractivity contribution is -0.167. The van der Waals surface area contributed by atoms with E-state index in [1.807, 2.05) is 0 Å². The van der Waals surface area contributed by atoms with Crippen LogP contribution in [0.1, 0.15) is 239 Å². The summed E-state index contributed by atoms with van der Waals surface area (Å²) in [6.07, 6.45) is 73.6. The summed E-state index contributed by atoms with van der Waals surface area (Å²) in [6.45, 7) is 6.36. The molecule has 0 heterocycles. The molecule has 0 aromatic rings. The van der Waals surface area contributed by atoms with E-state index in [9.17, 15) is 14.4 Å². The summed E-state index contributed by atoms with van der Waals surface area (Å²) in [5, 5.41) is 0. The summed E-state index contributed by atoms with van der Waals surface area (Å²) in [7, 11) is 0. The number of carbonyl (C=O) groups is 3. The fourth-order valence-corrected chi connectivity index (χ4v) is 7.22. The van der Waals surface area contributed by atoms with Crippen LogP contribution in [0.15, 0.2) is 109 Å². The SMILES string of the molecule is CC/C=C\C/C=C\C/C=C\C/C=C\C/C=C\CCCCCCCCCC(=O)OCC(COC(=O)CCCCCCCCCCC)OC(=O)CCCCCC/C=C\C/C=C\C/C=C\C/C=C\CC. The van der Waals surface area contributed by atoms with Crippen LogP contribution in [0, 0.1) is 0 Å². The van der Waals surface area contributed by atoms with Crippen LogP contribution >= 0.6 is 0 Å². The lowest BCUT2D eigenvalue weighted by atomic mass is 10.1. The normalized spacial score (nSPS) is 12.9. The average Bonchev–Trinajstić information content (AvgIpc) is 3.33. The molecular weight excluding hydrogens is 829 g/mol. The quantitative estimate of drug-likeness (QED) is 0.0262. The third-order valence-corrected chi connectivity index (χ3v) is 11.3. The van der Waals surface area contributed by atoms with Crippen molar-refractivity contribution in [2.45, 2.75) is 245 Å². The van der Waals surface area contributed by atoms with Crippen molar-refractivity contribution in [1.82, 2.24) is 0 Å². The van der Waals surface area contributed by atoms with Crippen molar-refractivity contribution in [3.8, 4) is 0 Å². The number of hydrogen-bond acceptors (Lipinski definition) is 6. The van der Waals surface area contributed by atoms with Gasteiger partial charge in [-0.25, -0.2) is 0 Å². The molecule has 0 aromatic heterocycles. The summed E-state index contributed by atoms with van der Waals surface area (Å²) in [5.41, 5.74) is 0. The summed E-state index contributed by atoms with van der Waals surface area (Å²) in [5.74, 6) is -0.932. The minimum Gasteiger partial charge on any atom is -0.462 e. The van der Waals surface area contributed by atoms with Crippen molar-refractivity contribution in [1.29, 1.82) is 0 Å². The molecule has 0 spiro atoms. The van der Waals surface area contributed by atoms with Crippen LogP contribution in [0.3, 0.4) is 0 Å². The molecule has 0 fully saturated rings. The van der Waals surface area contributed by atoms with E-state index < -0.39 is 6.10 Å². The van der Waals surface area contributed by atoms with Crippen LogP contribution in [0.2, 0.25) is 0 Å². The number of rotatable bonds is 48. The first-order valence-electron chi connectivity index (χ1n) is 27.4. The Morgan fingerprint density at radius 3 is 0.910 bits per heavy atom. The number of hydrogen-bond donors (Lipinski definition) is 0. The monoisotopic (exact) mass is 929 g/mol. The van der Waals surface area contributed by atoms with Gasteiger partial charge in [0.2, 0.25) is 0 Å². The molecule has 380 valence electrons. The van der Waals surface area contributed by atoms with E-state index in [0.717, 1.165) is 135 Å². The second-order valence-corrected chi connectivity index (χ2v) is 17.7. The van der Waals surface area contributed by atoms with Gasteiger partial charge in [-0.3, -0.25) is 14.4 Å². The highest BCUT2D eigenvalue weighted by molar-refractivity contribution is 5.71. The van der Waals surface area contributed by atoms with Gasteiger partial charge in [-0.2, -0.15) is 0 Å². The standard InChI is InChI=1S/C61H100O6/c1-4-7-10-13-16-19-21-23-25-27-28-29-30-31-32-34-35-37-39-42-45-48-51-54-60(63)66-57-58(56-65-59(62)53-50-47-44-41-18-15-12-9-6-3)67-61(64)55-52-49-46-43-40-38-36-33-26-24-22-20-17-14-11-8-5-2/h7-8,10-11,16-17,19-20,23-26,28-29,31-32,36,38,58H,4-6,9,12-15,18,21-22,27,30,33-35,37,39-57H2,1-3H3/b10-7-,11-8-,19-16-,20-17-,25-23-,26-24-,29-28-,32-31-,38-36-. The third-order valence-electron chi connectivity index (χ3n) is 11.3. The maximum Gasteiger partial charge on any atom is 0.306 e. The first-order chi connectivity index (χ1) is 33.0. The summed E-state index contributed by atoms with van der Waals surface area (Å²) in [4.78, 5) is 38.0. The lowest BCUT2D eigenvalue weighted by Gasteiger charge is -2.18. The second-order valence-electron chi connectivity index (χ2n) is 17.7. The molecule has 0 aliphatic rings. The Morgan fingerprint density at radius 1 is 0.313 bits per heavy atom. The van der Waals surface area contributed by atoms with Gasteiger partial charge in [0.25, 0.3) is 0 Å². The molecule has 0 aliphatic carbocycles. The van der Waals surface area contributed by atoms with Crippen LogP contribution in [0.5, 0.6) is 0 Å². The molecule has 0 radical (unpaired) electrons. The van der Waals surface area contributed by atoms with Gasteiger partial charge in [-0.15, -0.1) is 0 Å². The average molecular weight is 929 g/mol. The molecular formula is C61H100O6. The summed E-state index contributed by atoms with van der Waals surface area (Å²) >= 11 is 0. The van der Waals surface area contributed by atoms with Crippen LogP contribution in [-0.4, -0.2) is 37.2 Å². The van der Waals surface area contributed by atoms with Crippen molar-refractivity contribution in [3.63, 3.8) is 0 Å². The first kappa shape index (κ1) is 63.1. The van der Waals surface area contributed by atoms with E-state index in [4.69, 9.17) is 14.2 Å². The molecule has 0 rings (SSSR count). The van der Waals surface area contributed by atoms with Gasteiger partial charge in [-0.1, -0.05) is 226 Å². The van der Waals surface area contributed by atoms with Crippen LogP contribution in [0.25, 0.3) is 0 Å². The zero-order valence-corrected chi connectivity index (χ0v) is 43.4. The zero-order chi connectivity index (χ0) is 48.6. The van der Waals surface area contributed by atoms with Gasteiger partial charge in [0.15, 0.2) is 6.10 Å². The molecule has 0 aliphatic heterocycles. The molecule has 67 heavy (non-hydrogen) atoms. The first-order valence-corrected chi connectivity index (χ1v) is 27.4. The highest BCUT2D eigenvalue weighted by atomic mass is 16.6. The van der Waals surface area contributed by atoms with Crippen LogP contribution < -0.4 is 0 Å². The second kappa shape index (κ2) is 54.7. The lowest BCUT2D eigenvalue weighted by Crippen LogP contribution is -2.30. The molecule has 0 N–H and O–H groups in total. The van der Waals surface area contributed by atoms with Gasteiger partial charge in [0.05, 0.1) is 0 Å². The highest BCUT2D eigenvalue weighted by Crippen LogP contribution is 2.14. The largest absolute Gasteiger partial charge is 0.462 e. The molecule has 0 bridgehead atoms. The van der Waals surface area contributed by atoms with E-state index >= 15 is 0 Å². The van der Waals surface area contributed by atoms with Crippen molar-refractivity contribution in [2.75, 3.05) is 13.2 Å². The van der Waals surface area contributed by atoms with Gasteiger partial charge in [0, 0.05) is 19.3 Å². The van der Waals surface area contributed by atoms with Gasteiger partial charge in [0.1, 0.15) is 13.2 Å². The van der Waals surface area contributed by atoms with Gasteiger partial charge in [-0.05, 0) is 103 Å². The fourth-order valence-electron chi connectivity index (χ4n) is 7.22. The Morgan fingerprint density at radius 2 is 0.582 bits per heavy atom. The molecule has 0 amide bonds. The van der Waals surface area contributed by atoms with E-state index in [2.05, 4.69) is 130 Å². The van der Waals surface area contributed by atoms with Gasteiger partial charge < -0.3 is 14.2 Å². The molecule has 0 aromatic carbocycles. The maximum atomic E-state index is 12.8. The maximum absolute atomic E-state index is 12.8. The van der Waals surface area contributed by atoms with E-state index in [0.29, 0.717) is 19.3 Å². The summed E-state index contributed by atoms with van der Waals surface area (Å²) < 4.78 is 16.8. The van der Waals surface area contributed by atoms with E-state index in [1.54, 1.807) is 0 Å². The third kappa shape index (κ3) is 52.9. The van der Waals surface area contributed by atoms with Crippen molar-refractivity contribution >= 4 is 17.9 Å². The van der Waals surface area contributed by atoms with Crippen molar-refractivity contribution in [2.24, 2.45) is 0 Å². The van der Waals surface area contributed by atoms with E-state index in [-0.39, 0.29) is 31.1 Å². The number of unbranched alkanes of at least 4 members (excludes halogenated alkanes) is 19. The molecule has 6 nitrogen and oxygen atoms in total. The molecule has 1 unspecified atom stereocenters. The predicted molar refractivity (Wildman–Crippen MR) is 288 cm³/mol.